The van der Waals surface area contributed by atoms with Crippen LogP contribution < -0.4 is 10.9 Å². The van der Waals surface area contributed by atoms with Crippen molar-refractivity contribution in [2.75, 3.05) is 0 Å². The monoisotopic (exact) mass is 358 g/mol. The lowest BCUT2D eigenvalue weighted by atomic mass is 9.82. The zero-order chi connectivity index (χ0) is 18.5. The number of rotatable bonds is 2. The van der Waals surface area contributed by atoms with E-state index in [1.165, 1.54) is 25.1 Å². The van der Waals surface area contributed by atoms with Gasteiger partial charge < -0.3 is 0 Å². The zero-order valence-electron chi connectivity index (χ0n) is 14.0. The first-order chi connectivity index (χ1) is 12.4. The molecule has 6 nitrogen and oxygen atoms in total. The molecule has 2 aromatic rings. The molecule has 1 heterocycles. The molecule has 2 aliphatic carbocycles. The van der Waals surface area contributed by atoms with Gasteiger partial charge in [-0.3, -0.25) is 20.4 Å². The van der Waals surface area contributed by atoms with Crippen LogP contribution in [0.2, 0.25) is 0 Å². The average molecular weight is 358 g/mol. The molecule has 1 aromatic heterocycles. The molecule has 2 aliphatic rings. The maximum atomic E-state index is 14.0. The standard InChI is InChI=1S/C18H16F2N4O2/c1-9(25)21-24-17(26)18-6-5-10(8-18)11-7-14(22-23-16(11)18)15-12(19)3-2-4-13(15)20/h2-4,7,10H,5-6,8H2,1H3,(H,21,25)(H,24,26)/t10-,18-/m1/s1. The van der Waals surface area contributed by atoms with Crippen molar-refractivity contribution in [3.63, 3.8) is 0 Å². The quantitative estimate of drug-likeness (QED) is 0.806. The average Bonchev–Trinajstić information content (AvgIpc) is 3.18. The predicted octanol–water partition coefficient (Wildman–Crippen LogP) is 2.11. The molecule has 8 heteroatoms. The summed E-state index contributed by atoms with van der Waals surface area (Å²) < 4.78 is 28.1. The second-order valence-corrected chi connectivity index (χ2v) is 6.79. The van der Waals surface area contributed by atoms with Crippen LogP contribution in [-0.4, -0.2) is 22.0 Å². The van der Waals surface area contributed by atoms with E-state index in [9.17, 15) is 18.4 Å². The summed E-state index contributed by atoms with van der Waals surface area (Å²) in [4.78, 5) is 23.7. The lowest BCUT2D eigenvalue weighted by molar-refractivity contribution is -0.131. The van der Waals surface area contributed by atoms with E-state index in [0.717, 1.165) is 12.0 Å². The minimum atomic E-state index is -0.859. The third-order valence-electron chi connectivity index (χ3n) is 5.24. The summed E-state index contributed by atoms with van der Waals surface area (Å²) in [6.45, 7) is 1.30. The SMILES string of the molecule is CC(=O)NNC(=O)[C@]12CC[C@H](C1)c1cc(-c3c(F)cccc3F)nnc12. The number of carbonyl (C=O) groups is 2. The number of nitrogens with zero attached hydrogens (tertiary/aromatic N) is 2. The Hall–Kier alpha value is -2.90. The van der Waals surface area contributed by atoms with Crippen molar-refractivity contribution in [3.8, 4) is 11.3 Å². The highest BCUT2D eigenvalue weighted by molar-refractivity contribution is 5.91. The molecule has 0 spiro atoms. The molecule has 0 radical (unpaired) electrons. The number of nitrogens with one attached hydrogen (secondary N) is 2. The summed E-state index contributed by atoms with van der Waals surface area (Å²) in [6.07, 6.45) is 1.91. The van der Waals surface area contributed by atoms with Gasteiger partial charge in [-0.15, -0.1) is 5.10 Å². The van der Waals surface area contributed by atoms with Gasteiger partial charge in [0.05, 0.1) is 22.4 Å². The molecule has 1 fully saturated rings. The Kier molecular flexibility index (Phi) is 3.71. The van der Waals surface area contributed by atoms with Crippen LogP contribution in [0, 0.1) is 11.6 Å². The molecule has 1 aromatic carbocycles. The number of halogens is 2. The van der Waals surface area contributed by atoms with Gasteiger partial charge in [-0.25, -0.2) is 8.78 Å². The Bertz CT molecular complexity index is 913. The Morgan fingerprint density at radius 1 is 1.19 bits per heavy atom. The van der Waals surface area contributed by atoms with E-state index in [1.54, 1.807) is 6.07 Å². The van der Waals surface area contributed by atoms with Gasteiger partial charge in [-0.2, -0.15) is 5.10 Å². The molecule has 2 amide bonds. The Morgan fingerprint density at radius 2 is 1.92 bits per heavy atom. The lowest BCUT2D eigenvalue weighted by Crippen LogP contribution is -2.50. The van der Waals surface area contributed by atoms with Gasteiger partial charge in [0.15, 0.2) is 0 Å². The summed E-state index contributed by atoms with van der Waals surface area (Å²) in [5.41, 5.74) is 5.07. The van der Waals surface area contributed by atoms with E-state index in [-0.39, 0.29) is 29.0 Å². The molecular formula is C18H16F2N4O2. The number of hydrazine groups is 1. The molecule has 0 aliphatic heterocycles. The third kappa shape index (κ3) is 2.36. The molecule has 2 atom stereocenters. The van der Waals surface area contributed by atoms with Gasteiger partial charge in [0.1, 0.15) is 11.6 Å². The topological polar surface area (TPSA) is 84.0 Å². The van der Waals surface area contributed by atoms with Crippen molar-refractivity contribution in [2.24, 2.45) is 0 Å². The number of aromatic nitrogens is 2. The van der Waals surface area contributed by atoms with Gasteiger partial charge in [0, 0.05) is 6.92 Å². The van der Waals surface area contributed by atoms with Crippen LogP contribution in [0.4, 0.5) is 8.78 Å². The van der Waals surface area contributed by atoms with E-state index >= 15 is 0 Å². The van der Waals surface area contributed by atoms with Gasteiger partial charge in [-0.1, -0.05) is 6.07 Å². The largest absolute Gasteiger partial charge is 0.274 e. The summed E-state index contributed by atoms with van der Waals surface area (Å²) in [5, 5.41) is 8.15. The summed E-state index contributed by atoms with van der Waals surface area (Å²) in [6, 6.07) is 5.25. The normalized spacial score (nSPS) is 22.8. The third-order valence-corrected chi connectivity index (χ3v) is 5.24. The van der Waals surface area contributed by atoms with Crippen molar-refractivity contribution in [1.29, 1.82) is 0 Å². The van der Waals surface area contributed by atoms with Crippen molar-refractivity contribution in [1.82, 2.24) is 21.0 Å². The smallest absolute Gasteiger partial charge is 0.250 e. The minimum absolute atomic E-state index is 0.0807. The highest BCUT2D eigenvalue weighted by atomic mass is 19.1. The van der Waals surface area contributed by atoms with Gasteiger partial charge in [0.25, 0.3) is 5.91 Å². The lowest BCUT2D eigenvalue weighted by Gasteiger charge is -2.26. The summed E-state index contributed by atoms with van der Waals surface area (Å²) in [5.74, 6) is -2.05. The van der Waals surface area contributed by atoms with Crippen molar-refractivity contribution < 1.29 is 18.4 Å². The predicted molar refractivity (Wildman–Crippen MR) is 87.6 cm³/mol. The molecule has 0 unspecified atom stereocenters. The number of hydrogen-bond acceptors (Lipinski definition) is 4. The summed E-state index contributed by atoms with van der Waals surface area (Å²) >= 11 is 0. The van der Waals surface area contributed by atoms with Crippen LogP contribution >= 0.6 is 0 Å². The molecule has 2 bridgehead atoms. The Morgan fingerprint density at radius 3 is 2.62 bits per heavy atom. The van der Waals surface area contributed by atoms with Crippen LogP contribution in [0.3, 0.4) is 0 Å². The fourth-order valence-corrected chi connectivity index (χ4v) is 4.06. The number of hydrogen-bond donors (Lipinski definition) is 2. The van der Waals surface area contributed by atoms with Crippen LogP contribution in [0.15, 0.2) is 24.3 Å². The van der Waals surface area contributed by atoms with Gasteiger partial charge in [-0.05, 0) is 48.9 Å². The molecule has 0 saturated heterocycles. The molecule has 26 heavy (non-hydrogen) atoms. The molecule has 1 saturated carbocycles. The van der Waals surface area contributed by atoms with E-state index in [1.807, 2.05) is 0 Å². The number of fused-ring (bicyclic) bond motifs is 5. The number of carbonyl (C=O) groups excluding carboxylic acids is 2. The summed E-state index contributed by atoms with van der Waals surface area (Å²) in [7, 11) is 0. The second kappa shape index (κ2) is 5.82. The van der Waals surface area contributed by atoms with E-state index in [0.29, 0.717) is 18.5 Å². The fourth-order valence-electron chi connectivity index (χ4n) is 4.06. The minimum Gasteiger partial charge on any atom is -0.274 e. The van der Waals surface area contributed by atoms with E-state index in [4.69, 9.17) is 0 Å². The van der Waals surface area contributed by atoms with Crippen LogP contribution in [0.25, 0.3) is 11.3 Å². The van der Waals surface area contributed by atoms with Crippen LogP contribution in [0.5, 0.6) is 0 Å². The fraction of sp³-hybridized carbons (Fsp3) is 0.333. The zero-order valence-corrected chi connectivity index (χ0v) is 14.0. The first-order valence-electron chi connectivity index (χ1n) is 8.32. The molecule has 4 rings (SSSR count). The van der Waals surface area contributed by atoms with Crippen molar-refractivity contribution >= 4 is 11.8 Å². The number of amides is 2. The highest BCUT2D eigenvalue weighted by Crippen LogP contribution is 2.56. The van der Waals surface area contributed by atoms with Crippen LogP contribution in [0.1, 0.15) is 43.4 Å². The second-order valence-electron chi connectivity index (χ2n) is 6.79. The van der Waals surface area contributed by atoms with E-state index < -0.39 is 17.0 Å². The van der Waals surface area contributed by atoms with Gasteiger partial charge >= 0.3 is 0 Å². The maximum absolute atomic E-state index is 14.0. The van der Waals surface area contributed by atoms with Crippen molar-refractivity contribution in [2.45, 2.75) is 37.5 Å². The highest BCUT2D eigenvalue weighted by Gasteiger charge is 2.55. The Balaban J connectivity index is 1.74. The van der Waals surface area contributed by atoms with Gasteiger partial charge in [0.2, 0.25) is 5.91 Å². The molecular weight excluding hydrogens is 342 g/mol. The molecule has 134 valence electrons. The Labute approximate surface area is 148 Å². The van der Waals surface area contributed by atoms with E-state index in [2.05, 4.69) is 21.0 Å². The van der Waals surface area contributed by atoms with Crippen LogP contribution in [-0.2, 0) is 15.0 Å². The maximum Gasteiger partial charge on any atom is 0.250 e. The first-order valence-corrected chi connectivity index (χ1v) is 8.32. The van der Waals surface area contributed by atoms with Crippen molar-refractivity contribution in [3.05, 3.63) is 47.2 Å². The first kappa shape index (κ1) is 16.6. The molecule has 2 N–H and O–H groups in total. The number of benzene rings is 1.